The number of hydrogen-bond acceptors (Lipinski definition) is 3. The van der Waals surface area contributed by atoms with Crippen LogP contribution in [0.5, 0.6) is 11.5 Å². The Morgan fingerprint density at radius 2 is 0.872 bits per heavy atom. The molecule has 2 aliphatic heterocycles. The van der Waals surface area contributed by atoms with Gasteiger partial charge in [0.1, 0.15) is 0 Å². The van der Waals surface area contributed by atoms with E-state index in [1.165, 1.54) is 33.5 Å². The van der Waals surface area contributed by atoms with Crippen LogP contribution in [0.4, 0.5) is 17.1 Å². The third kappa shape index (κ3) is 4.20. The zero-order chi connectivity index (χ0) is 31.4. The predicted octanol–water partition coefficient (Wildman–Crippen LogP) is 6.71. The topological polar surface area (TPSA) is 12.5 Å². The summed E-state index contributed by atoms with van der Waals surface area (Å²) in [7, 11) is 0. The number of para-hydroxylation sites is 4. The van der Waals surface area contributed by atoms with Crippen molar-refractivity contribution in [3.8, 4) is 11.5 Å². The second-order valence-corrected chi connectivity index (χ2v) is 24.2. The Labute approximate surface area is 283 Å². The summed E-state index contributed by atoms with van der Waals surface area (Å²) in [6.07, 6.45) is 0. The van der Waals surface area contributed by atoms with Crippen molar-refractivity contribution in [1.29, 1.82) is 0 Å². The third-order valence-corrected chi connectivity index (χ3v) is 25.7. The van der Waals surface area contributed by atoms with Crippen LogP contribution in [0.2, 0.25) is 0 Å². The third-order valence-electron chi connectivity index (χ3n) is 9.61. The second kappa shape index (κ2) is 11.2. The molecule has 2 aliphatic rings. The van der Waals surface area contributed by atoms with Crippen molar-refractivity contribution in [2.75, 3.05) is 4.90 Å². The molecule has 224 valence electrons. The van der Waals surface area contributed by atoms with Crippen LogP contribution >= 0.6 is 6.04 Å². The first-order chi connectivity index (χ1) is 23.2. The van der Waals surface area contributed by atoms with Crippen molar-refractivity contribution in [1.82, 2.24) is 0 Å². The van der Waals surface area contributed by atoms with Crippen LogP contribution in [0.15, 0.2) is 182 Å². The molecule has 0 amide bonds. The molecule has 2 heterocycles. The van der Waals surface area contributed by atoms with E-state index in [9.17, 15) is 0 Å². The second-order valence-electron chi connectivity index (χ2n) is 12.0. The maximum absolute atomic E-state index is 7.07. The molecule has 0 atom stereocenters. The molecule has 0 radical (unpaired) electrons. The van der Waals surface area contributed by atoms with Gasteiger partial charge in [0.15, 0.2) is 0 Å². The molecule has 7 aromatic carbocycles. The van der Waals surface area contributed by atoms with E-state index < -0.39 is 19.3 Å². The van der Waals surface area contributed by atoms with Gasteiger partial charge in [-0.2, -0.15) is 0 Å². The van der Waals surface area contributed by atoms with E-state index in [1.54, 1.807) is 0 Å². The van der Waals surface area contributed by atoms with E-state index in [1.807, 2.05) is 24.3 Å². The van der Waals surface area contributed by atoms with Crippen molar-refractivity contribution in [3.05, 3.63) is 182 Å². The molecule has 7 aromatic rings. The quantitative estimate of drug-likeness (QED) is 0.150. The minimum absolute atomic E-state index is 0.850. The van der Waals surface area contributed by atoms with Crippen molar-refractivity contribution in [2.24, 2.45) is 0 Å². The Bertz CT molecular complexity index is 2190. The molecule has 0 saturated heterocycles. The van der Waals surface area contributed by atoms with Crippen LogP contribution in [0, 0.1) is 0 Å². The molecule has 0 saturated carbocycles. The molecule has 5 heteroatoms. The molecular weight excluding hydrogens is 670 g/mol. The fraction of sp³-hybridized carbons (Fsp3) is 0. The number of rotatable bonds is 4. The van der Waals surface area contributed by atoms with E-state index >= 15 is 0 Å². The van der Waals surface area contributed by atoms with Crippen LogP contribution in [-0.4, -0.2) is 13.3 Å². The monoisotopic (exact) mass is 701 g/mol. The van der Waals surface area contributed by atoms with E-state index in [2.05, 4.69) is 163 Å². The van der Waals surface area contributed by atoms with Gasteiger partial charge in [-0.05, 0) is 0 Å². The molecule has 0 aromatic heterocycles. The number of hydrogen-bond donors (Lipinski definition) is 0. The summed E-state index contributed by atoms with van der Waals surface area (Å²) in [6.45, 7) is 0. The fourth-order valence-corrected chi connectivity index (χ4v) is 26.9. The summed E-state index contributed by atoms with van der Waals surface area (Å²) in [4.78, 5) is 2.29. The Kier molecular flexibility index (Phi) is 6.83. The molecule has 0 aliphatic carbocycles. The van der Waals surface area contributed by atoms with Gasteiger partial charge in [-0.15, -0.1) is 0 Å². The van der Waals surface area contributed by atoms with E-state index in [4.69, 9.17) is 16.5 Å². The van der Waals surface area contributed by atoms with E-state index in [0.29, 0.717) is 0 Å². The van der Waals surface area contributed by atoms with Crippen molar-refractivity contribution < 1.29 is 4.74 Å². The van der Waals surface area contributed by atoms with Crippen molar-refractivity contribution in [3.63, 3.8) is 0 Å². The van der Waals surface area contributed by atoms with Crippen LogP contribution < -0.4 is 43.1 Å². The van der Waals surface area contributed by atoms with Gasteiger partial charge in [-0.3, -0.25) is 0 Å². The van der Waals surface area contributed by atoms with Gasteiger partial charge in [0.05, 0.1) is 0 Å². The average molecular weight is 700 g/mol. The van der Waals surface area contributed by atoms with Gasteiger partial charge >= 0.3 is 285 Å². The number of ether oxygens (including phenoxy) is 1. The standard InChI is InChI=1S/C42H30GeNOPS/c47-46(34-29-27-33(28-30-34)44-37-21-9-11-23-39(37)45-40-24-12-10-22-38(40)44)41-25-13-7-19-35(41)43(31-15-3-1-4-16-31,32-17-5-2-6-18-32)36-20-8-14-26-42(36)46/h1-30H. The molecule has 9 rings (SSSR count). The number of benzene rings is 7. The van der Waals surface area contributed by atoms with Crippen LogP contribution in [0.1, 0.15) is 0 Å². The summed E-state index contributed by atoms with van der Waals surface area (Å²) in [5.41, 5.74) is 3.13. The summed E-state index contributed by atoms with van der Waals surface area (Å²) in [6, 6.07) is 63.8. The Morgan fingerprint density at radius 3 is 1.38 bits per heavy atom. The first kappa shape index (κ1) is 28.5. The molecule has 0 spiro atoms. The van der Waals surface area contributed by atoms with Gasteiger partial charge in [0, 0.05) is 0 Å². The normalized spacial score (nSPS) is 14.9. The van der Waals surface area contributed by atoms with Crippen molar-refractivity contribution >= 4 is 81.7 Å². The van der Waals surface area contributed by atoms with Crippen LogP contribution in [0.25, 0.3) is 0 Å². The number of fused-ring (bicyclic) bond motifs is 4. The maximum atomic E-state index is 7.07. The molecule has 0 bridgehead atoms. The van der Waals surface area contributed by atoms with Crippen LogP contribution in [-0.2, 0) is 11.8 Å². The molecule has 0 fully saturated rings. The minimum atomic E-state index is -3.44. The molecule has 47 heavy (non-hydrogen) atoms. The Hall–Kier alpha value is -4.67. The number of nitrogens with zero attached hydrogens (tertiary/aromatic N) is 1. The molecule has 2 nitrogen and oxygen atoms in total. The molecular formula is C42H30GeNOPS. The van der Waals surface area contributed by atoms with Gasteiger partial charge in [-0.1, -0.05) is 0 Å². The zero-order valence-corrected chi connectivity index (χ0v) is 29.3. The number of anilines is 3. The SMILES string of the molecule is S=P1(c2ccc(N3c4ccccc4Oc4ccccc43)cc2)c2cccc[c]2[Ge]([c]2ccccc2)([c]2ccccc2)[c]2ccccc21. The van der Waals surface area contributed by atoms with Gasteiger partial charge < -0.3 is 0 Å². The zero-order valence-electron chi connectivity index (χ0n) is 25.5. The summed E-state index contributed by atoms with van der Waals surface area (Å²) in [5, 5.41) is 3.87. The average Bonchev–Trinajstić information content (AvgIpc) is 3.15. The Balaban J connectivity index is 1.27. The first-order valence-electron chi connectivity index (χ1n) is 15.9. The van der Waals surface area contributed by atoms with Gasteiger partial charge in [0.2, 0.25) is 0 Å². The fourth-order valence-electron chi connectivity index (χ4n) is 7.64. The van der Waals surface area contributed by atoms with Gasteiger partial charge in [0.25, 0.3) is 0 Å². The van der Waals surface area contributed by atoms with Gasteiger partial charge in [-0.25, -0.2) is 0 Å². The summed E-state index contributed by atoms with van der Waals surface area (Å²) >= 11 is 3.63. The van der Waals surface area contributed by atoms with Crippen LogP contribution in [0.3, 0.4) is 0 Å². The molecule has 0 unspecified atom stereocenters. The summed E-state index contributed by atoms with van der Waals surface area (Å²) < 4.78 is 12.0. The van der Waals surface area contributed by atoms with E-state index in [-0.39, 0.29) is 0 Å². The Morgan fingerprint density at radius 1 is 0.447 bits per heavy atom. The molecule has 0 N–H and O–H groups in total. The van der Waals surface area contributed by atoms with E-state index in [0.717, 1.165) is 28.6 Å². The predicted molar refractivity (Wildman–Crippen MR) is 204 cm³/mol. The van der Waals surface area contributed by atoms with Crippen molar-refractivity contribution in [2.45, 2.75) is 0 Å². The first-order valence-corrected chi connectivity index (χ1v) is 22.9. The summed E-state index contributed by atoms with van der Waals surface area (Å²) in [5.74, 6) is 1.70.